The summed E-state index contributed by atoms with van der Waals surface area (Å²) in [6.07, 6.45) is 1.81. The van der Waals surface area contributed by atoms with Gasteiger partial charge in [-0.25, -0.2) is 0 Å². The predicted molar refractivity (Wildman–Crippen MR) is 31.8 cm³/mol. The van der Waals surface area contributed by atoms with Crippen LogP contribution in [0.4, 0.5) is 0 Å². The second-order valence-electron chi connectivity index (χ2n) is 3.12. The first-order valence-electron chi connectivity index (χ1n) is 3.46. The highest BCUT2D eigenvalue weighted by molar-refractivity contribution is 5.86. The molecule has 3 aliphatic rings. The van der Waals surface area contributed by atoms with Crippen LogP contribution in [0.15, 0.2) is 0 Å². The van der Waals surface area contributed by atoms with E-state index in [1.54, 1.807) is 0 Å². The van der Waals surface area contributed by atoms with E-state index in [1.165, 1.54) is 0 Å². The molecule has 9 heavy (non-hydrogen) atoms. The van der Waals surface area contributed by atoms with E-state index in [9.17, 15) is 4.79 Å². The molecule has 0 unspecified atom stereocenters. The van der Waals surface area contributed by atoms with E-state index in [-0.39, 0.29) is 12.5 Å². The maximum atomic E-state index is 10.9. The first-order valence-corrected chi connectivity index (χ1v) is 3.46. The lowest BCUT2D eigenvalue weighted by atomic mass is 9.73. The lowest BCUT2D eigenvalue weighted by Gasteiger charge is -2.32. The van der Waals surface area contributed by atoms with Crippen molar-refractivity contribution in [1.29, 1.82) is 0 Å². The van der Waals surface area contributed by atoms with Crippen LogP contribution in [0.1, 0.15) is 12.8 Å². The predicted octanol–water partition coefficient (Wildman–Crippen LogP) is 0.204. The number of hydrogen-bond acceptors (Lipinski definition) is 2. The van der Waals surface area contributed by atoms with E-state index in [4.69, 9.17) is 5.11 Å². The minimum absolute atomic E-state index is 0.223. The summed E-state index contributed by atoms with van der Waals surface area (Å²) in [5.41, 5.74) is 0. The van der Waals surface area contributed by atoms with Gasteiger partial charge in [-0.1, -0.05) is 0 Å². The van der Waals surface area contributed by atoms with Crippen molar-refractivity contribution in [2.75, 3.05) is 6.61 Å². The first-order chi connectivity index (χ1) is 4.33. The average molecular weight is 126 g/mol. The third-order valence-electron chi connectivity index (χ3n) is 2.77. The molecule has 3 saturated carbocycles. The number of carbonyl (C=O) groups excluding carboxylic acids is 1. The van der Waals surface area contributed by atoms with Gasteiger partial charge in [0, 0.05) is 18.9 Å². The quantitative estimate of drug-likeness (QED) is 0.545. The van der Waals surface area contributed by atoms with Crippen LogP contribution in [0.25, 0.3) is 0 Å². The molecular weight excluding hydrogens is 116 g/mol. The Hall–Kier alpha value is -0.370. The molecule has 3 rings (SSSR count). The van der Waals surface area contributed by atoms with Gasteiger partial charge in [0.15, 0.2) is 0 Å². The lowest BCUT2D eigenvalue weighted by Crippen LogP contribution is -2.32. The summed E-state index contributed by atoms with van der Waals surface area (Å²) in [4.78, 5) is 10.9. The van der Waals surface area contributed by atoms with Crippen LogP contribution in [0.5, 0.6) is 0 Å². The topological polar surface area (TPSA) is 37.3 Å². The molecule has 0 aromatic heterocycles. The van der Waals surface area contributed by atoms with Crippen molar-refractivity contribution in [2.24, 2.45) is 17.8 Å². The molecule has 0 heterocycles. The summed E-state index contributed by atoms with van der Waals surface area (Å²) in [5, 5.41) is 8.73. The molecular formula is C7H10O2. The van der Waals surface area contributed by atoms with Crippen molar-refractivity contribution in [3.05, 3.63) is 0 Å². The van der Waals surface area contributed by atoms with Gasteiger partial charge in [-0.05, 0) is 18.3 Å². The van der Waals surface area contributed by atoms with Gasteiger partial charge in [-0.2, -0.15) is 0 Å². The van der Waals surface area contributed by atoms with Gasteiger partial charge < -0.3 is 5.11 Å². The lowest BCUT2D eigenvalue weighted by molar-refractivity contribution is -0.121. The summed E-state index contributed by atoms with van der Waals surface area (Å²) in [5.74, 6) is 1.53. The highest BCUT2D eigenvalue weighted by Crippen LogP contribution is 2.50. The number of rotatable bonds is 1. The fourth-order valence-electron chi connectivity index (χ4n) is 2.10. The highest BCUT2D eigenvalue weighted by atomic mass is 16.3. The zero-order chi connectivity index (χ0) is 6.43. The Balaban J connectivity index is 2.12. The molecule has 0 saturated heterocycles. The molecule has 3 aliphatic carbocycles. The molecule has 0 spiro atoms. The van der Waals surface area contributed by atoms with Crippen LogP contribution >= 0.6 is 0 Å². The zero-order valence-corrected chi connectivity index (χ0v) is 5.21. The van der Waals surface area contributed by atoms with Crippen molar-refractivity contribution in [3.8, 4) is 0 Å². The summed E-state index contributed by atoms with van der Waals surface area (Å²) in [7, 11) is 0. The summed E-state index contributed by atoms with van der Waals surface area (Å²) >= 11 is 0. The molecule has 50 valence electrons. The second kappa shape index (κ2) is 1.57. The van der Waals surface area contributed by atoms with E-state index in [2.05, 4.69) is 0 Å². The summed E-state index contributed by atoms with van der Waals surface area (Å²) in [6.45, 7) is 0.223. The van der Waals surface area contributed by atoms with E-state index < -0.39 is 0 Å². The van der Waals surface area contributed by atoms with E-state index >= 15 is 0 Å². The third kappa shape index (κ3) is 0.517. The number of carbonyl (C=O) groups is 1. The molecule has 0 radical (unpaired) electrons. The standard InChI is InChI=1S/C7H10O2/c8-3-6-4-1-5(6)7(9)2-4/h4-6,8H,1-3H2/t4-,5-,6-/m1/s1. The Morgan fingerprint density at radius 1 is 1.67 bits per heavy atom. The second-order valence-corrected chi connectivity index (χ2v) is 3.12. The van der Waals surface area contributed by atoms with Gasteiger partial charge in [0.05, 0.1) is 0 Å². The Bertz CT molecular complexity index is 153. The van der Waals surface area contributed by atoms with Gasteiger partial charge in [0.25, 0.3) is 0 Å². The maximum absolute atomic E-state index is 10.9. The molecule has 2 bridgehead atoms. The molecule has 3 atom stereocenters. The third-order valence-corrected chi connectivity index (χ3v) is 2.77. The minimum atomic E-state index is 0.223. The van der Waals surface area contributed by atoms with Crippen molar-refractivity contribution in [2.45, 2.75) is 12.8 Å². The Labute approximate surface area is 53.9 Å². The van der Waals surface area contributed by atoms with Gasteiger partial charge in [-0.3, -0.25) is 4.79 Å². The largest absolute Gasteiger partial charge is 0.396 e. The molecule has 1 N–H and O–H groups in total. The molecule has 3 fully saturated rings. The zero-order valence-electron chi connectivity index (χ0n) is 5.21. The van der Waals surface area contributed by atoms with Crippen molar-refractivity contribution in [1.82, 2.24) is 0 Å². The van der Waals surface area contributed by atoms with Crippen LogP contribution in [0, 0.1) is 17.8 Å². The fraction of sp³-hybridized carbons (Fsp3) is 0.857. The number of hydrogen-bond donors (Lipinski definition) is 1. The van der Waals surface area contributed by atoms with Gasteiger partial charge in [0.2, 0.25) is 0 Å². The van der Waals surface area contributed by atoms with E-state index in [0.717, 1.165) is 12.8 Å². The number of Topliss-reactive ketones (excluding diaryl/α,β-unsaturated/α-hetero) is 1. The van der Waals surface area contributed by atoms with Crippen LogP contribution in [0.3, 0.4) is 0 Å². The SMILES string of the molecule is O=C1C[C@H]2C[C@@H]1[C@@H]2CO. The van der Waals surface area contributed by atoms with Crippen LogP contribution in [0.2, 0.25) is 0 Å². The highest BCUT2D eigenvalue weighted by Gasteiger charge is 2.51. The number of fused-ring (bicyclic) bond motifs is 1. The average Bonchev–Trinajstić information content (AvgIpc) is 2.22. The number of ketones is 1. The van der Waals surface area contributed by atoms with Crippen LogP contribution in [-0.2, 0) is 4.79 Å². The maximum Gasteiger partial charge on any atom is 0.136 e. The van der Waals surface area contributed by atoms with Crippen molar-refractivity contribution >= 4 is 5.78 Å². The fourth-order valence-corrected chi connectivity index (χ4v) is 2.10. The minimum Gasteiger partial charge on any atom is -0.396 e. The van der Waals surface area contributed by atoms with Gasteiger partial charge in [0.1, 0.15) is 5.78 Å². The Morgan fingerprint density at radius 3 is 2.67 bits per heavy atom. The van der Waals surface area contributed by atoms with E-state index in [1.807, 2.05) is 0 Å². The van der Waals surface area contributed by atoms with Gasteiger partial charge in [-0.15, -0.1) is 0 Å². The monoisotopic (exact) mass is 126 g/mol. The molecule has 0 aliphatic heterocycles. The van der Waals surface area contributed by atoms with Crippen LogP contribution in [-0.4, -0.2) is 17.5 Å². The Morgan fingerprint density at radius 2 is 2.44 bits per heavy atom. The molecule has 0 aromatic rings. The number of aliphatic hydroxyl groups is 1. The van der Waals surface area contributed by atoms with Crippen molar-refractivity contribution in [3.63, 3.8) is 0 Å². The summed E-state index contributed by atoms with van der Waals surface area (Å²) < 4.78 is 0. The summed E-state index contributed by atoms with van der Waals surface area (Å²) in [6, 6.07) is 0. The molecule has 0 amide bonds. The number of aliphatic hydroxyl groups excluding tert-OH is 1. The molecule has 2 nitrogen and oxygen atoms in total. The van der Waals surface area contributed by atoms with Crippen LogP contribution < -0.4 is 0 Å². The molecule has 0 aromatic carbocycles. The van der Waals surface area contributed by atoms with E-state index in [0.29, 0.717) is 17.6 Å². The Kier molecular flexibility index (Phi) is 0.943. The molecule has 2 heteroatoms. The first kappa shape index (κ1) is 5.42. The van der Waals surface area contributed by atoms with Crippen molar-refractivity contribution < 1.29 is 9.90 Å². The normalized spacial score (nSPS) is 47.2. The smallest absolute Gasteiger partial charge is 0.136 e. The van der Waals surface area contributed by atoms with Gasteiger partial charge >= 0.3 is 0 Å².